The SMILES string of the molecule is CCCOCc1ncc(C(C)NS(=O)(=O)CCCCCN2CC(=O)NC2=O)[nH]1. The fourth-order valence-electron chi connectivity index (χ4n) is 2.81. The largest absolute Gasteiger partial charge is 0.374 e. The molecule has 158 valence electrons. The van der Waals surface area contributed by atoms with Crippen molar-refractivity contribution in [3.8, 4) is 0 Å². The Bertz CT molecular complexity index is 764. The summed E-state index contributed by atoms with van der Waals surface area (Å²) in [5, 5.41) is 2.21. The van der Waals surface area contributed by atoms with Gasteiger partial charge in [0.25, 0.3) is 0 Å². The Labute approximate surface area is 165 Å². The van der Waals surface area contributed by atoms with Crippen LogP contribution in [0.2, 0.25) is 0 Å². The van der Waals surface area contributed by atoms with E-state index in [2.05, 4.69) is 20.0 Å². The molecular formula is C17H29N5O5S. The van der Waals surface area contributed by atoms with Crippen molar-refractivity contribution in [3.63, 3.8) is 0 Å². The number of hydrogen-bond donors (Lipinski definition) is 3. The topological polar surface area (TPSA) is 133 Å². The van der Waals surface area contributed by atoms with Crippen LogP contribution in [0.25, 0.3) is 0 Å². The number of nitrogens with one attached hydrogen (secondary N) is 3. The molecule has 0 saturated carbocycles. The molecule has 0 aromatic carbocycles. The number of amides is 3. The molecule has 1 saturated heterocycles. The molecule has 2 rings (SSSR count). The number of imide groups is 1. The Morgan fingerprint density at radius 3 is 2.79 bits per heavy atom. The van der Waals surface area contributed by atoms with Crippen molar-refractivity contribution in [2.75, 3.05) is 25.4 Å². The van der Waals surface area contributed by atoms with E-state index in [1.807, 2.05) is 6.92 Å². The maximum absolute atomic E-state index is 12.3. The number of aromatic nitrogens is 2. The number of sulfonamides is 1. The number of hydrogen-bond acceptors (Lipinski definition) is 6. The predicted octanol–water partition coefficient (Wildman–Crippen LogP) is 1.04. The van der Waals surface area contributed by atoms with Gasteiger partial charge in [0.2, 0.25) is 15.9 Å². The van der Waals surface area contributed by atoms with Crippen LogP contribution in [0.3, 0.4) is 0 Å². The molecule has 10 nitrogen and oxygen atoms in total. The lowest BCUT2D eigenvalue weighted by molar-refractivity contribution is -0.118. The van der Waals surface area contributed by atoms with Crippen molar-refractivity contribution >= 4 is 22.0 Å². The minimum atomic E-state index is -3.44. The Morgan fingerprint density at radius 1 is 1.32 bits per heavy atom. The Kier molecular flexibility index (Phi) is 8.39. The highest BCUT2D eigenvalue weighted by atomic mass is 32.2. The molecule has 3 amide bonds. The summed E-state index contributed by atoms with van der Waals surface area (Å²) in [7, 11) is -3.44. The first-order valence-corrected chi connectivity index (χ1v) is 11.2. The Hall–Kier alpha value is -1.98. The second kappa shape index (κ2) is 10.5. The summed E-state index contributed by atoms with van der Waals surface area (Å²) in [6.07, 6.45) is 4.31. The van der Waals surface area contributed by atoms with Gasteiger partial charge in [0.1, 0.15) is 19.0 Å². The minimum absolute atomic E-state index is 0.00305. The van der Waals surface area contributed by atoms with E-state index in [1.165, 1.54) is 4.90 Å². The van der Waals surface area contributed by atoms with Crippen molar-refractivity contribution in [2.24, 2.45) is 0 Å². The molecule has 1 unspecified atom stereocenters. The first-order chi connectivity index (χ1) is 13.3. The lowest BCUT2D eigenvalue weighted by atomic mass is 10.2. The van der Waals surface area contributed by atoms with Gasteiger partial charge in [-0.25, -0.2) is 22.9 Å². The molecular weight excluding hydrogens is 386 g/mol. The highest BCUT2D eigenvalue weighted by molar-refractivity contribution is 7.89. The number of carbonyl (C=O) groups excluding carboxylic acids is 2. The second-order valence-electron chi connectivity index (χ2n) is 6.83. The molecule has 3 N–H and O–H groups in total. The van der Waals surface area contributed by atoms with E-state index in [-0.39, 0.29) is 24.2 Å². The maximum Gasteiger partial charge on any atom is 0.324 e. The van der Waals surface area contributed by atoms with Crippen LogP contribution in [0.1, 0.15) is 57.1 Å². The van der Waals surface area contributed by atoms with Gasteiger partial charge in [-0.2, -0.15) is 0 Å². The smallest absolute Gasteiger partial charge is 0.324 e. The molecule has 1 aromatic heterocycles. The third-order valence-electron chi connectivity index (χ3n) is 4.27. The van der Waals surface area contributed by atoms with E-state index in [0.29, 0.717) is 50.5 Å². The second-order valence-corrected chi connectivity index (χ2v) is 8.71. The Morgan fingerprint density at radius 2 is 2.11 bits per heavy atom. The van der Waals surface area contributed by atoms with Gasteiger partial charge < -0.3 is 14.6 Å². The monoisotopic (exact) mass is 415 g/mol. The molecule has 0 aliphatic carbocycles. The van der Waals surface area contributed by atoms with Crippen LogP contribution >= 0.6 is 0 Å². The molecule has 0 bridgehead atoms. The van der Waals surface area contributed by atoms with Gasteiger partial charge in [0, 0.05) is 19.3 Å². The lowest BCUT2D eigenvalue weighted by Gasteiger charge is -2.14. The van der Waals surface area contributed by atoms with Crippen LogP contribution in [-0.4, -0.2) is 60.7 Å². The quantitative estimate of drug-likeness (QED) is 0.326. The normalized spacial score (nSPS) is 15.9. The number of aromatic amines is 1. The van der Waals surface area contributed by atoms with Crippen LogP contribution in [0.15, 0.2) is 6.20 Å². The number of carbonyl (C=O) groups is 2. The highest BCUT2D eigenvalue weighted by Gasteiger charge is 2.25. The molecule has 11 heteroatoms. The number of urea groups is 1. The number of ether oxygens (including phenoxy) is 1. The zero-order chi connectivity index (χ0) is 20.6. The molecule has 1 atom stereocenters. The van der Waals surface area contributed by atoms with E-state index in [4.69, 9.17) is 4.74 Å². The van der Waals surface area contributed by atoms with Crippen molar-refractivity contribution in [2.45, 2.75) is 52.2 Å². The molecule has 28 heavy (non-hydrogen) atoms. The molecule has 0 spiro atoms. The van der Waals surface area contributed by atoms with E-state index in [0.717, 1.165) is 6.42 Å². The van der Waals surface area contributed by atoms with Crippen molar-refractivity contribution in [3.05, 3.63) is 17.7 Å². The van der Waals surface area contributed by atoms with Gasteiger partial charge in [0.15, 0.2) is 0 Å². The lowest BCUT2D eigenvalue weighted by Crippen LogP contribution is -2.30. The van der Waals surface area contributed by atoms with E-state index < -0.39 is 16.1 Å². The number of H-pyrrole nitrogens is 1. The van der Waals surface area contributed by atoms with Crippen LogP contribution in [0, 0.1) is 0 Å². The van der Waals surface area contributed by atoms with E-state index >= 15 is 0 Å². The zero-order valence-electron chi connectivity index (χ0n) is 16.4. The maximum atomic E-state index is 12.3. The van der Waals surface area contributed by atoms with Crippen molar-refractivity contribution in [1.29, 1.82) is 0 Å². The fraction of sp³-hybridized carbons (Fsp3) is 0.706. The third kappa shape index (κ3) is 7.21. The zero-order valence-corrected chi connectivity index (χ0v) is 17.2. The van der Waals surface area contributed by atoms with E-state index in [1.54, 1.807) is 13.1 Å². The highest BCUT2D eigenvalue weighted by Crippen LogP contribution is 2.12. The standard InChI is InChI=1S/C17H29N5O5S/c1-3-8-27-12-15-18-10-14(19-15)13(2)21-28(25,26)9-6-4-5-7-22-11-16(23)20-17(22)24/h10,13,21H,3-9,11-12H2,1-2H3,(H,18,19)(H,20,23,24). The van der Waals surface area contributed by atoms with Gasteiger partial charge in [0.05, 0.1) is 17.5 Å². The Balaban J connectivity index is 1.68. The number of rotatable bonds is 13. The number of imidazole rings is 1. The predicted molar refractivity (Wildman–Crippen MR) is 103 cm³/mol. The van der Waals surface area contributed by atoms with Gasteiger partial charge in [-0.05, 0) is 26.2 Å². The molecule has 1 aromatic rings. The number of nitrogens with zero attached hydrogens (tertiary/aromatic N) is 2. The van der Waals surface area contributed by atoms with Crippen LogP contribution in [0.5, 0.6) is 0 Å². The first kappa shape index (κ1) is 22.3. The molecule has 0 radical (unpaired) electrons. The van der Waals surface area contributed by atoms with Gasteiger partial charge in [-0.15, -0.1) is 0 Å². The average molecular weight is 416 g/mol. The summed E-state index contributed by atoms with van der Waals surface area (Å²) in [4.78, 5) is 31.2. The molecule has 1 fully saturated rings. The molecule has 2 heterocycles. The van der Waals surface area contributed by atoms with E-state index in [9.17, 15) is 18.0 Å². The summed E-state index contributed by atoms with van der Waals surface area (Å²) in [5.41, 5.74) is 0.684. The molecule has 1 aliphatic heterocycles. The van der Waals surface area contributed by atoms with Crippen LogP contribution in [0.4, 0.5) is 4.79 Å². The van der Waals surface area contributed by atoms with Gasteiger partial charge in [-0.3, -0.25) is 10.1 Å². The van der Waals surface area contributed by atoms with Gasteiger partial charge >= 0.3 is 6.03 Å². The average Bonchev–Trinajstić information content (AvgIpc) is 3.21. The summed E-state index contributed by atoms with van der Waals surface area (Å²) < 4.78 is 32.6. The fourth-order valence-corrected chi connectivity index (χ4v) is 4.18. The summed E-state index contributed by atoms with van der Waals surface area (Å²) in [6, 6.07) is -0.802. The minimum Gasteiger partial charge on any atom is -0.374 e. The van der Waals surface area contributed by atoms with Gasteiger partial charge in [-0.1, -0.05) is 13.3 Å². The van der Waals surface area contributed by atoms with Crippen LogP contribution < -0.4 is 10.0 Å². The number of unbranched alkanes of at least 4 members (excludes halogenated alkanes) is 2. The summed E-state index contributed by atoms with van der Waals surface area (Å²) in [5.74, 6) is 0.367. The first-order valence-electron chi connectivity index (χ1n) is 9.51. The third-order valence-corrected chi connectivity index (χ3v) is 5.81. The summed E-state index contributed by atoms with van der Waals surface area (Å²) >= 11 is 0. The summed E-state index contributed by atoms with van der Waals surface area (Å²) in [6.45, 7) is 5.31. The van der Waals surface area contributed by atoms with Crippen molar-refractivity contribution in [1.82, 2.24) is 24.9 Å². The molecule has 1 aliphatic rings. The van der Waals surface area contributed by atoms with Crippen LogP contribution in [-0.2, 0) is 26.2 Å². The van der Waals surface area contributed by atoms with Crippen molar-refractivity contribution < 1.29 is 22.7 Å².